The first-order chi connectivity index (χ1) is 6.42. The van der Waals surface area contributed by atoms with Crippen molar-refractivity contribution in [3.05, 3.63) is 48.0 Å². The Morgan fingerprint density at radius 2 is 2.00 bits per heavy atom. The number of allylic oxidation sites excluding steroid dienone is 2. The van der Waals surface area contributed by atoms with E-state index in [4.69, 9.17) is 0 Å². The molecule has 3 rings (SSSR count). The van der Waals surface area contributed by atoms with E-state index in [1.165, 1.54) is 24.8 Å². The highest BCUT2D eigenvalue weighted by Gasteiger charge is 2.45. The molecule has 66 valence electrons. The maximum atomic E-state index is 2.42. The number of fused-ring (bicyclic) bond motifs is 1. The summed E-state index contributed by atoms with van der Waals surface area (Å²) in [6.07, 6.45) is 8.95. The zero-order valence-electron chi connectivity index (χ0n) is 7.74. The van der Waals surface area contributed by atoms with Crippen molar-refractivity contribution in [2.45, 2.75) is 24.7 Å². The van der Waals surface area contributed by atoms with Gasteiger partial charge in [-0.2, -0.15) is 0 Å². The fraction of sp³-hybridized carbons (Fsp3) is 0.385. The molecule has 0 aromatic heterocycles. The number of hydrogen-bond acceptors (Lipinski definition) is 0. The average Bonchev–Trinajstić information content (AvgIpc) is 2.45. The van der Waals surface area contributed by atoms with Crippen LogP contribution in [0.3, 0.4) is 0 Å². The summed E-state index contributed by atoms with van der Waals surface area (Å²) < 4.78 is 0. The lowest BCUT2D eigenvalue weighted by Gasteiger charge is -2.38. The molecule has 1 fully saturated rings. The van der Waals surface area contributed by atoms with Crippen molar-refractivity contribution in [3.8, 4) is 0 Å². The molecule has 0 heteroatoms. The smallest absolute Gasteiger partial charge is 0.0195 e. The van der Waals surface area contributed by atoms with Gasteiger partial charge in [-0.05, 0) is 24.3 Å². The normalized spacial score (nSPS) is 35.5. The van der Waals surface area contributed by atoms with Gasteiger partial charge in [0.1, 0.15) is 0 Å². The highest BCUT2D eigenvalue weighted by atomic mass is 14.5. The second-order valence-electron chi connectivity index (χ2n) is 4.26. The van der Waals surface area contributed by atoms with Gasteiger partial charge in [0, 0.05) is 5.41 Å². The molecule has 1 saturated carbocycles. The molecule has 1 aromatic rings. The molecule has 0 saturated heterocycles. The van der Waals surface area contributed by atoms with Gasteiger partial charge < -0.3 is 0 Å². The molecular formula is C13H14. The molecule has 2 aliphatic rings. The Morgan fingerprint density at radius 3 is 2.62 bits per heavy atom. The van der Waals surface area contributed by atoms with E-state index in [2.05, 4.69) is 42.5 Å². The molecule has 0 radical (unpaired) electrons. The molecule has 2 aliphatic carbocycles. The highest BCUT2D eigenvalue weighted by Crippen LogP contribution is 2.53. The molecule has 1 aromatic carbocycles. The molecule has 0 spiro atoms. The van der Waals surface area contributed by atoms with Gasteiger partial charge in [0.25, 0.3) is 0 Å². The van der Waals surface area contributed by atoms with Crippen molar-refractivity contribution in [3.63, 3.8) is 0 Å². The van der Waals surface area contributed by atoms with Crippen LogP contribution in [-0.2, 0) is 5.41 Å². The second-order valence-corrected chi connectivity index (χ2v) is 4.26. The summed E-state index contributed by atoms with van der Waals surface area (Å²) in [4.78, 5) is 0. The molecule has 0 nitrogen and oxygen atoms in total. The SMILES string of the molecule is C1=CC2(c3ccccc3)CCCC12. The first-order valence-corrected chi connectivity index (χ1v) is 5.17. The van der Waals surface area contributed by atoms with E-state index < -0.39 is 0 Å². The number of rotatable bonds is 1. The molecule has 13 heavy (non-hydrogen) atoms. The predicted octanol–water partition coefficient (Wildman–Crippen LogP) is 3.29. The van der Waals surface area contributed by atoms with Gasteiger partial charge in [-0.25, -0.2) is 0 Å². The first kappa shape index (κ1) is 7.37. The van der Waals surface area contributed by atoms with Crippen LogP contribution in [0.1, 0.15) is 24.8 Å². The minimum absolute atomic E-state index is 0.446. The summed E-state index contributed by atoms with van der Waals surface area (Å²) in [5.41, 5.74) is 1.97. The molecule has 0 heterocycles. The Balaban J connectivity index is 2.06. The van der Waals surface area contributed by atoms with Crippen molar-refractivity contribution in [2.24, 2.45) is 5.92 Å². The summed E-state index contributed by atoms with van der Waals surface area (Å²) in [5, 5.41) is 0. The van der Waals surface area contributed by atoms with Gasteiger partial charge in [-0.1, -0.05) is 48.9 Å². The summed E-state index contributed by atoms with van der Waals surface area (Å²) in [6.45, 7) is 0. The topological polar surface area (TPSA) is 0 Å². The van der Waals surface area contributed by atoms with Crippen molar-refractivity contribution >= 4 is 0 Å². The van der Waals surface area contributed by atoms with Crippen molar-refractivity contribution in [2.75, 3.05) is 0 Å². The van der Waals surface area contributed by atoms with E-state index in [-0.39, 0.29) is 0 Å². The zero-order valence-corrected chi connectivity index (χ0v) is 7.74. The third-order valence-corrected chi connectivity index (χ3v) is 3.70. The first-order valence-electron chi connectivity index (χ1n) is 5.17. The van der Waals surface area contributed by atoms with Gasteiger partial charge in [0.15, 0.2) is 0 Å². The maximum Gasteiger partial charge on any atom is 0.0195 e. The molecule has 2 unspecified atom stereocenters. The molecule has 0 aliphatic heterocycles. The van der Waals surface area contributed by atoms with E-state index in [1.807, 2.05) is 0 Å². The van der Waals surface area contributed by atoms with Crippen LogP contribution < -0.4 is 0 Å². The van der Waals surface area contributed by atoms with Crippen LogP contribution in [0, 0.1) is 5.92 Å². The van der Waals surface area contributed by atoms with Gasteiger partial charge >= 0.3 is 0 Å². The van der Waals surface area contributed by atoms with Crippen LogP contribution >= 0.6 is 0 Å². The fourth-order valence-corrected chi connectivity index (χ4v) is 2.90. The minimum atomic E-state index is 0.446. The van der Waals surface area contributed by atoms with E-state index in [9.17, 15) is 0 Å². The lowest BCUT2D eigenvalue weighted by Crippen LogP contribution is -2.33. The zero-order chi connectivity index (χ0) is 8.73. The number of hydrogen-bond donors (Lipinski definition) is 0. The van der Waals surface area contributed by atoms with Crippen LogP contribution in [-0.4, -0.2) is 0 Å². The predicted molar refractivity (Wildman–Crippen MR) is 54.6 cm³/mol. The third-order valence-electron chi connectivity index (χ3n) is 3.70. The average molecular weight is 170 g/mol. The van der Waals surface area contributed by atoms with Crippen LogP contribution in [0.25, 0.3) is 0 Å². The standard InChI is InChI=1S/C13H14/c1-2-5-11(6-3-1)13-9-4-7-12(13)8-10-13/h1-3,5-6,8,10,12H,4,7,9H2. The van der Waals surface area contributed by atoms with Crippen molar-refractivity contribution in [1.82, 2.24) is 0 Å². The van der Waals surface area contributed by atoms with Crippen LogP contribution in [0.15, 0.2) is 42.5 Å². The van der Waals surface area contributed by atoms with E-state index >= 15 is 0 Å². The summed E-state index contributed by atoms with van der Waals surface area (Å²) in [7, 11) is 0. The van der Waals surface area contributed by atoms with Gasteiger partial charge in [-0.15, -0.1) is 0 Å². The summed E-state index contributed by atoms with van der Waals surface area (Å²) >= 11 is 0. The minimum Gasteiger partial charge on any atom is -0.0833 e. The Kier molecular flexibility index (Phi) is 1.40. The number of benzene rings is 1. The summed E-state index contributed by atoms with van der Waals surface area (Å²) in [5.74, 6) is 0.842. The lowest BCUT2D eigenvalue weighted by molar-refractivity contribution is 0.411. The summed E-state index contributed by atoms with van der Waals surface area (Å²) in [6, 6.07) is 11.0. The Hall–Kier alpha value is -1.04. The molecule has 0 bridgehead atoms. The van der Waals surface area contributed by atoms with Crippen molar-refractivity contribution < 1.29 is 0 Å². The molecule has 0 amide bonds. The molecule has 2 atom stereocenters. The third kappa shape index (κ3) is 0.861. The van der Waals surface area contributed by atoms with Gasteiger partial charge in [0.05, 0.1) is 0 Å². The van der Waals surface area contributed by atoms with Gasteiger partial charge in [-0.3, -0.25) is 0 Å². The Labute approximate surface area is 79.3 Å². The van der Waals surface area contributed by atoms with E-state index in [0.717, 1.165) is 5.92 Å². The monoisotopic (exact) mass is 170 g/mol. The van der Waals surface area contributed by atoms with E-state index in [0.29, 0.717) is 5.41 Å². The molecule has 0 N–H and O–H groups in total. The Bertz CT molecular complexity index is 336. The Morgan fingerprint density at radius 1 is 1.15 bits per heavy atom. The second kappa shape index (κ2) is 2.47. The quantitative estimate of drug-likeness (QED) is 0.567. The fourth-order valence-electron chi connectivity index (χ4n) is 2.90. The molecular weight excluding hydrogens is 156 g/mol. The van der Waals surface area contributed by atoms with Gasteiger partial charge in [0.2, 0.25) is 0 Å². The van der Waals surface area contributed by atoms with Crippen LogP contribution in [0.5, 0.6) is 0 Å². The van der Waals surface area contributed by atoms with E-state index in [1.54, 1.807) is 0 Å². The highest BCUT2D eigenvalue weighted by molar-refractivity contribution is 5.41. The van der Waals surface area contributed by atoms with Crippen molar-refractivity contribution in [1.29, 1.82) is 0 Å². The lowest BCUT2D eigenvalue weighted by atomic mass is 9.65. The van der Waals surface area contributed by atoms with Crippen LogP contribution in [0.4, 0.5) is 0 Å². The maximum absolute atomic E-state index is 2.42. The largest absolute Gasteiger partial charge is 0.0833 e. The van der Waals surface area contributed by atoms with Crippen LogP contribution in [0.2, 0.25) is 0 Å².